The van der Waals surface area contributed by atoms with Gasteiger partial charge in [-0.25, -0.2) is 0 Å². The molecule has 84 valence electrons. The molecule has 0 aromatic heterocycles. The molecule has 0 fully saturated rings. The van der Waals surface area contributed by atoms with Crippen LogP contribution in [0, 0.1) is 12.8 Å². The van der Waals surface area contributed by atoms with Crippen LogP contribution in [0.4, 0.5) is 13.2 Å². The minimum atomic E-state index is -4.33. The first-order valence-corrected chi connectivity index (χ1v) is 4.66. The molecule has 0 bridgehead atoms. The number of aliphatic hydroxyl groups excluding tert-OH is 1. The first kappa shape index (κ1) is 12.0. The molecule has 0 spiro atoms. The normalized spacial score (nSPS) is 13.9. The second-order valence-electron chi connectivity index (χ2n) is 3.61. The van der Waals surface area contributed by atoms with Gasteiger partial charge in [0.15, 0.2) is 0 Å². The Morgan fingerprint density at radius 1 is 1.20 bits per heavy atom. The predicted octanol–water partition coefficient (Wildman–Crippen LogP) is 2.71. The highest BCUT2D eigenvalue weighted by atomic mass is 19.4. The van der Waals surface area contributed by atoms with Crippen LogP contribution in [0.1, 0.15) is 11.1 Å². The Bertz CT molecular complexity index is 303. The zero-order valence-corrected chi connectivity index (χ0v) is 8.38. The lowest BCUT2D eigenvalue weighted by Crippen LogP contribution is -2.28. The summed E-state index contributed by atoms with van der Waals surface area (Å²) in [6.45, 7) is 1.01. The molecule has 4 heteroatoms. The van der Waals surface area contributed by atoms with E-state index in [1.807, 2.05) is 6.92 Å². The maximum atomic E-state index is 12.3. The van der Waals surface area contributed by atoms with Crippen LogP contribution in [0.3, 0.4) is 0 Å². The monoisotopic (exact) mass is 218 g/mol. The Hall–Kier alpha value is -1.03. The topological polar surface area (TPSA) is 20.2 Å². The lowest BCUT2D eigenvalue weighted by Gasteiger charge is -2.17. The van der Waals surface area contributed by atoms with Crippen molar-refractivity contribution < 1.29 is 18.3 Å². The molecule has 0 aliphatic carbocycles. The highest BCUT2D eigenvalue weighted by Crippen LogP contribution is 2.28. The summed E-state index contributed by atoms with van der Waals surface area (Å²) in [6.07, 6.45) is -4.50. The summed E-state index contributed by atoms with van der Waals surface area (Å²) < 4.78 is 37.0. The van der Waals surface area contributed by atoms with Crippen molar-refractivity contribution in [3.05, 3.63) is 35.4 Å². The third kappa shape index (κ3) is 3.55. The molecular formula is C11H13F3O. The van der Waals surface area contributed by atoms with E-state index >= 15 is 0 Å². The Morgan fingerprint density at radius 3 is 2.13 bits per heavy atom. The van der Waals surface area contributed by atoms with Gasteiger partial charge in [-0.05, 0) is 18.9 Å². The van der Waals surface area contributed by atoms with Gasteiger partial charge in [0.1, 0.15) is 0 Å². The van der Waals surface area contributed by atoms with Gasteiger partial charge in [-0.15, -0.1) is 0 Å². The van der Waals surface area contributed by atoms with Crippen molar-refractivity contribution in [1.29, 1.82) is 0 Å². The molecule has 0 amide bonds. The smallest absolute Gasteiger partial charge is 0.394 e. The molecule has 0 saturated heterocycles. The quantitative estimate of drug-likeness (QED) is 0.827. The zero-order valence-electron chi connectivity index (χ0n) is 8.38. The molecule has 0 radical (unpaired) electrons. The lowest BCUT2D eigenvalue weighted by atomic mass is 9.99. The standard InChI is InChI=1S/C11H13F3O/c1-8-2-4-9(5-3-8)6-10(7-15)11(12,13)14/h2-5,10,15H,6-7H2,1H3. The fraction of sp³-hybridized carbons (Fsp3) is 0.455. The zero-order chi connectivity index (χ0) is 11.5. The van der Waals surface area contributed by atoms with E-state index in [2.05, 4.69) is 0 Å². The van der Waals surface area contributed by atoms with E-state index in [1.165, 1.54) is 0 Å². The SMILES string of the molecule is Cc1ccc(CC(CO)C(F)(F)F)cc1. The lowest BCUT2D eigenvalue weighted by molar-refractivity contribution is -0.183. The minimum absolute atomic E-state index is 0.166. The number of alkyl halides is 3. The summed E-state index contributed by atoms with van der Waals surface area (Å²) in [5, 5.41) is 8.66. The molecule has 1 nitrogen and oxygen atoms in total. The van der Waals surface area contributed by atoms with Crippen molar-refractivity contribution in [2.75, 3.05) is 6.61 Å². The molecule has 0 aliphatic rings. The summed E-state index contributed by atoms with van der Waals surface area (Å²) in [7, 11) is 0. The van der Waals surface area contributed by atoms with Gasteiger partial charge < -0.3 is 5.11 Å². The van der Waals surface area contributed by atoms with Gasteiger partial charge in [0.05, 0.1) is 12.5 Å². The Balaban J connectivity index is 2.71. The van der Waals surface area contributed by atoms with Crippen molar-refractivity contribution in [1.82, 2.24) is 0 Å². The van der Waals surface area contributed by atoms with E-state index in [-0.39, 0.29) is 6.42 Å². The average molecular weight is 218 g/mol. The molecule has 15 heavy (non-hydrogen) atoms. The van der Waals surface area contributed by atoms with Crippen LogP contribution in [-0.4, -0.2) is 17.9 Å². The van der Waals surface area contributed by atoms with Crippen molar-refractivity contribution >= 4 is 0 Å². The van der Waals surface area contributed by atoms with Gasteiger partial charge in [0, 0.05) is 0 Å². The predicted molar refractivity (Wildman–Crippen MR) is 51.5 cm³/mol. The molecular weight excluding hydrogens is 205 g/mol. The van der Waals surface area contributed by atoms with Gasteiger partial charge in [-0.2, -0.15) is 13.2 Å². The van der Waals surface area contributed by atoms with Crippen LogP contribution >= 0.6 is 0 Å². The molecule has 1 atom stereocenters. The summed E-state index contributed by atoms with van der Waals surface area (Å²) >= 11 is 0. The molecule has 1 aromatic carbocycles. The first-order chi connectivity index (χ1) is 6.93. The van der Waals surface area contributed by atoms with Crippen LogP contribution in [0.2, 0.25) is 0 Å². The van der Waals surface area contributed by atoms with Crippen LogP contribution in [0.5, 0.6) is 0 Å². The van der Waals surface area contributed by atoms with E-state index in [0.29, 0.717) is 5.56 Å². The van der Waals surface area contributed by atoms with Gasteiger partial charge in [0.2, 0.25) is 0 Å². The van der Waals surface area contributed by atoms with E-state index in [9.17, 15) is 13.2 Å². The Morgan fingerprint density at radius 2 is 1.73 bits per heavy atom. The Kier molecular flexibility index (Phi) is 3.74. The number of aryl methyl sites for hydroxylation is 1. The van der Waals surface area contributed by atoms with Gasteiger partial charge in [-0.1, -0.05) is 29.8 Å². The van der Waals surface area contributed by atoms with E-state index in [1.54, 1.807) is 24.3 Å². The average Bonchev–Trinajstić information content (AvgIpc) is 2.15. The minimum Gasteiger partial charge on any atom is -0.396 e. The van der Waals surface area contributed by atoms with Crippen LogP contribution in [0.15, 0.2) is 24.3 Å². The number of benzene rings is 1. The molecule has 1 aromatic rings. The highest BCUT2D eigenvalue weighted by molar-refractivity contribution is 5.21. The second-order valence-corrected chi connectivity index (χ2v) is 3.61. The first-order valence-electron chi connectivity index (χ1n) is 4.66. The number of rotatable bonds is 3. The number of hydrogen-bond donors (Lipinski definition) is 1. The van der Waals surface area contributed by atoms with E-state index in [0.717, 1.165) is 5.56 Å². The van der Waals surface area contributed by atoms with Gasteiger partial charge >= 0.3 is 6.18 Å². The molecule has 0 aliphatic heterocycles. The maximum absolute atomic E-state index is 12.3. The van der Waals surface area contributed by atoms with E-state index in [4.69, 9.17) is 5.11 Å². The van der Waals surface area contributed by atoms with Crippen LogP contribution < -0.4 is 0 Å². The summed E-state index contributed by atoms with van der Waals surface area (Å²) in [4.78, 5) is 0. The summed E-state index contributed by atoms with van der Waals surface area (Å²) in [6, 6.07) is 6.84. The van der Waals surface area contributed by atoms with E-state index < -0.39 is 18.7 Å². The third-order valence-corrected chi connectivity index (χ3v) is 2.29. The van der Waals surface area contributed by atoms with Gasteiger partial charge in [0.25, 0.3) is 0 Å². The van der Waals surface area contributed by atoms with Crippen molar-refractivity contribution in [3.8, 4) is 0 Å². The second kappa shape index (κ2) is 4.66. The van der Waals surface area contributed by atoms with Crippen molar-refractivity contribution in [3.63, 3.8) is 0 Å². The highest BCUT2D eigenvalue weighted by Gasteiger charge is 2.38. The summed E-state index contributed by atoms with van der Waals surface area (Å²) in [5.74, 6) is -1.67. The maximum Gasteiger partial charge on any atom is 0.394 e. The fourth-order valence-corrected chi connectivity index (χ4v) is 1.29. The third-order valence-electron chi connectivity index (χ3n) is 2.29. The molecule has 0 saturated carbocycles. The van der Waals surface area contributed by atoms with Gasteiger partial charge in [-0.3, -0.25) is 0 Å². The number of hydrogen-bond acceptors (Lipinski definition) is 1. The van der Waals surface area contributed by atoms with Crippen molar-refractivity contribution in [2.24, 2.45) is 5.92 Å². The molecule has 0 heterocycles. The van der Waals surface area contributed by atoms with Crippen molar-refractivity contribution in [2.45, 2.75) is 19.5 Å². The largest absolute Gasteiger partial charge is 0.396 e. The molecule has 1 N–H and O–H groups in total. The Labute approximate surface area is 86.5 Å². The fourth-order valence-electron chi connectivity index (χ4n) is 1.29. The summed E-state index contributed by atoms with van der Waals surface area (Å²) in [5.41, 5.74) is 1.60. The van der Waals surface area contributed by atoms with Crippen LogP contribution in [-0.2, 0) is 6.42 Å². The number of aliphatic hydroxyl groups is 1. The number of halogens is 3. The molecule has 1 rings (SSSR count). The van der Waals surface area contributed by atoms with Crippen LogP contribution in [0.25, 0.3) is 0 Å². The molecule has 1 unspecified atom stereocenters.